The van der Waals surface area contributed by atoms with Crippen LogP contribution in [-0.4, -0.2) is 23.5 Å². The van der Waals surface area contributed by atoms with Gasteiger partial charge in [0.15, 0.2) is 0 Å². The van der Waals surface area contributed by atoms with E-state index in [1.165, 1.54) is 41.3 Å². The first-order valence-corrected chi connectivity index (χ1v) is 7.81. The van der Waals surface area contributed by atoms with Gasteiger partial charge >= 0.3 is 6.18 Å². The highest BCUT2D eigenvalue weighted by Crippen LogP contribution is 2.33. The van der Waals surface area contributed by atoms with Gasteiger partial charge < -0.3 is 15.3 Å². The Balaban J connectivity index is 1.72. The zero-order valence-corrected chi connectivity index (χ0v) is 13.5. The van der Waals surface area contributed by atoms with Crippen molar-refractivity contribution in [1.29, 1.82) is 0 Å². The summed E-state index contributed by atoms with van der Waals surface area (Å²) < 4.78 is 38.5. The van der Waals surface area contributed by atoms with Gasteiger partial charge in [-0.15, -0.1) is 0 Å². The van der Waals surface area contributed by atoms with Crippen LogP contribution in [0.2, 0.25) is 0 Å². The monoisotopic (exact) mass is 364 g/mol. The number of carbonyl (C=O) groups excluding carboxylic acids is 2. The molecule has 0 bridgehead atoms. The van der Waals surface area contributed by atoms with E-state index in [4.69, 9.17) is 0 Å². The van der Waals surface area contributed by atoms with E-state index >= 15 is 0 Å². The number of nitrogens with one attached hydrogen (secondary N) is 1. The number of phenolic OH excluding ortho intramolecular Hbond substituents is 1. The van der Waals surface area contributed by atoms with Crippen molar-refractivity contribution in [3.63, 3.8) is 0 Å². The van der Waals surface area contributed by atoms with Crippen LogP contribution in [0.5, 0.6) is 5.75 Å². The second kappa shape index (κ2) is 6.70. The van der Waals surface area contributed by atoms with Crippen LogP contribution >= 0.6 is 0 Å². The van der Waals surface area contributed by atoms with Crippen molar-refractivity contribution in [3.05, 3.63) is 54.1 Å². The first-order valence-electron chi connectivity index (χ1n) is 7.81. The number of amides is 2. The molecule has 0 aliphatic carbocycles. The Kier molecular flexibility index (Phi) is 4.58. The van der Waals surface area contributed by atoms with Crippen molar-refractivity contribution in [2.24, 2.45) is 5.92 Å². The number of benzene rings is 2. The molecule has 26 heavy (non-hydrogen) atoms. The third-order valence-electron chi connectivity index (χ3n) is 4.12. The molecule has 2 N–H and O–H groups in total. The van der Waals surface area contributed by atoms with Crippen molar-refractivity contribution in [2.45, 2.75) is 12.6 Å². The maximum atomic E-state index is 12.8. The van der Waals surface area contributed by atoms with E-state index in [0.29, 0.717) is 5.69 Å². The Morgan fingerprint density at radius 2 is 1.85 bits per heavy atom. The van der Waals surface area contributed by atoms with Gasteiger partial charge in [0.05, 0.1) is 11.5 Å². The summed E-state index contributed by atoms with van der Waals surface area (Å²) in [5.41, 5.74) is -0.276. The minimum absolute atomic E-state index is 0.00403. The number of carbonyl (C=O) groups is 2. The van der Waals surface area contributed by atoms with Gasteiger partial charge in [-0.05, 0) is 42.5 Å². The number of hydrogen-bond donors (Lipinski definition) is 2. The van der Waals surface area contributed by atoms with E-state index in [1.807, 2.05) is 0 Å². The smallest absolute Gasteiger partial charge is 0.416 e. The number of nitrogens with zero attached hydrogens (tertiary/aromatic N) is 1. The fourth-order valence-corrected chi connectivity index (χ4v) is 2.77. The van der Waals surface area contributed by atoms with E-state index < -0.39 is 29.5 Å². The van der Waals surface area contributed by atoms with Crippen LogP contribution < -0.4 is 10.2 Å². The Morgan fingerprint density at radius 1 is 1.15 bits per heavy atom. The van der Waals surface area contributed by atoms with Crippen molar-refractivity contribution in [2.75, 3.05) is 16.8 Å². The van der Waals surface area contributed by atoms with Gasteiger partial charge in [-0.1, -0.05) is 6.07 Å². The van der Waals surface area contributed by atoms with Crippen LogP contribution in [0.25, 0.3) is 0 Å². The third-order valence-corrected chi connectivity index (χ3v) is 4.12. The number of anilines is 2. The molecule has 2 aromatic rings. The average Bonchev–Trinajstić information content (AvgIpc) is 2.98. The molecule has 1 saturated heterocycles. The molecular formula is C18H15F3N2O3. The Morgan fingerprint density at radius 3 is 2.50 bits per heavy atom. The lowest BCUT2D eigenvalue weighted by molar-refractivity contribution is -0.137. The number of hydrogen-bond acceptors (Lipinski definition) is 3. The lowest BCUT2D eigenvalue weighted by atomic mass is 10.1. The number of rotatable bonds is 3. The normalized spacial score (nSPS) is 17.4. The molecule has 1 heterocycles. The zero-order chi connectivity index (χ0) is 18.9. The second-order valence-corrected chi connectivity index (χ2v) is 5.99. The summed E-state index contributed by atoms with van der Waals surface area (Å²) in [5, 5.41) is 11.9. The molecule has 8 heteroatoms. The Hall–Kier alpha value is -3.03. The molecule has 0 spiro atoms. The molecule has 0 unspecified atom stereocenters. The summed E-state index contributed by atoms with van der Waals surface area (Å²) in [5.74, 6) is -1.44. The van der Waals surface area contributed by atoms with Gasteiger partial charge in [0.25, 0.3) is 0 Å². The zero-order valence-electron chi connectivity index (χ0n) is 13.5. The maximum Gasteiger partial charge on any atom is 0.416 e. The van der Waals surface area contributed by atoms with Gasteiger partial charge in [-0.25, -0.2) is 0 Å². The minimum atomic E-state index is -4.51. The summed E-state index contributed by atoms with van der Waals surface area (Å²) in [6.07, 6.45) is -4.59. The first-order chi connectivity index (χ1) is 12.2. The van der Waals surface area contributed by atoms with Crippen LogP contribution in [0.4, 0.5) is 24.5 Å². The molecule has 136 valence electrons. The maximum absolute atomic E-state index is 12.8. The predicted octanol–water partition coefficient (Wildman–Crippen LogP) is 3.40. The summed E-state index contributed by atoms with van der Waals surface area (Å²) >= 11 is 0. The van der Waals surface area contributed by atoms with Crippen LogP contribution in [0, 0.1) is 5.92 Å². The quantitative estimate of drug-likeness (QED) is 0.820. The molecule has 0 saturated carbocycles. The fraction of sp³-hybridized carbons (Fsp3) is 0.222. The molecule has 1 fully saturated rings. The van der Waals surface area contributed by atoms with Crippen molar-refractivity contribution in [3.8, 4) is 5.75 Å². The standard InChI is InChI=1S/C18H15F3N2O3/c19-18(20,21)12-2-1-3-14(9-12)23-10-11(8-16(23)25)17(26)22-13-4-6-15(24)7-5-13/h1-7,9,11,24H,8,10H2,(H,22,26)/t11-/m0/s1. The molecule has 3 rings (SSSR count). The number of halogens is 3. The molecular weight excluding hydrogens is 349 g/mol. The first kappa shape index (κ1) is 17.8. The van der Waals surface area contributed by atoms with E-state index in [-0.39, 0.29) is 24.4 Å². The lowest BCUT2D eigenvalue weighted by Gasteiger charge is -2.18. The summed E-state index contributed by atoms with van der Waals surface area (Å²) in [6.45, 7) is 0.00403. The van der Waals surface area contributed by atoms with Crippen LogP contribution in [-0.2, 0) is 15.8 Å². The molecule has 2 aromatic carbocycles. The molecule has 2 amide bonds. The Labute approximate surface area is 147 Å². The lowest BCUT2D eigenvalue weighted by Crippen LogP contribution is -2.28. The number of phenols is 1. The SMILES string of the molecule is O=C(Nc1ccc(O)cc1)[C@H]1CC(=O)N(c2cccc(C(F)(F)F)c2)C1. The summed E-state index contributed by atoms with van der Waals surface area (Å²) in [6, 6.07) is 10.3. The topological polar surface area (TPSA) is 69.6 Å². The van der Waals surface area contributed by atoms with Gasteiger partial charge in [-0.2, -0.15) is 13.2 Å². The highest BCUT2D eigenvalue weighted by atomic mass is 19.4. The molecule has 0 aromatic heterocycles. The molecule has 5 nitrogen and oxygen atoms in total. The van der Waals surface area contributed by atoms with Gasteiger partial charge in [0.1, 0.15) is 5.75 Å². The summed E-state index contributed by atoms with van der Waals surface area (Å²) in [4.78, 5) is 25.7. The highest BCUT2D eigenvalue weighted by Gasteiger charge is 2.36. The summed E-state index contributed by atoms with van der Waals surface area (Å²) in [7, 11) is 0. The van der Waals surface area contributed by atoms with Crippen LogP contribution in [0.3, 0.4) is 0 Å². The van der Waals surface area contributed by atoms with E-state index in [9.17, 15) is 27.9 Å². The third kappa shape index (κ3) is 3.79. The van der Waals surface area contributed by atoms with E-state index in [2.05, 4.69) is 5.32 Å². The van der Waals surface area contributed by atoms with E-state index in [0.717, 1.165) is 12.1 Å². The number of alkyl halides is 3. The van der Waals surface area contributed by atoms with E-state index in [1.54, 1.807) is 0 Å². The minimum Gasteiger partial charge on any atom is -0.508 e. The fourth-order valence-electron chi connectivity index (χ4n) is 2.77. The molecule has 0 radical (unpaired) electrons. The van der Waals surface area contributed by atoms with Crippen molar-refractivity contribution < 1.29 is 27.9 Å². The Bertz CT molecular complexity index is 834. The molecule has 1 aliphatic heterocycles. The predicted molar refractivity (Wildman–Crippen MR) is 88.6 cm³/mol. The van der Waals surface area contributed by atoms with Crippen molar-refractivity contribution >= 4 is 23.2 Å². The van der Waals surface area contributed by atoms with Crippen molar-refractivity contribution in [1.82, 2.24) is 0 Å². The van der Waals surface area contributed by atoms with Gasteiger partial charge in [0.2, 0.25) is 11.8 Å². The largest absolute Gasteiger partial charge is 0.508 e. The molecule has 1 atom stereocenters. The van der Waals surface area contributed by atoms with Gasteiger partial charge in [0, 0.05) is 24.3 Å². The second-order valence-electron chi connectivity index (χ2n) is 5.99. The average molecular weight is 364 g/mol. The van der Waals surface area contributed by atoms with Gasteiger partial charge in [-0.3, -0.25) is 9.59 Å². The van der Waals surface area contributed by atoms with Crippen LogP contribution in [0.15, 0.2) is 48.5 Å². The highest BCUT2D eigenvalue weighted by molar-refractivity contribution is 6.03. The molecule has 1 aliphatic rings. The number of aromatic hydroxyl groups is 1. The van der Waals surface area contributed by atoms with Crippen LogP contribution in [0.1, 0.15) is 12.0 Å².